The SMILES string of the molecule is CCOc1ccc(C(Cl)C2CCCCCCC2)c(Br)c1. The maximum atomic E-state index is 6.77. The highest BCUT2D eigenvalue weighted by Crippen LogP contribution is 2.41. The van der Waals surface area contributed by atoms with E-state index in [-0.39, 0.29) is 5.38 Å². The molecule has 1 nitrogen and oxygen atoms in total. The lowest BCUT2D eigenvalue weighted by Gasteiger charge is -2.25. The van der Waals surface area contributed by atoms with Gasteiger partial charge in [-0.25, -0.2) is 0 Å². The zero-order valence-corrected chi connectivity index (χ0v) is 14.5. The van der Waals surface area contributed by atoms with Gasteiger partial charge in [-0.15, -0.1) is 11.6 Å². The van der Waals surface area contributed by atoms with Crippen molar-refractivity contribution in [1.82, 2.24) is 0 Å². The number of hydrogen-bond donors (Lipinski definition) is 0. The highest BCUT2D eigenvalue weighted by atomic mass is 79.9. The molecule has 1 fully saturated rings. The fourth-order valence-electron chi connectivity index (χ4n) is 3.02. The number of halogens is 2. The van der Waals surface area contributed by atoms with Crippen molar-refractivity contribution in [2.24, 2.45) is 5.92 Å². The molecule has 3 heteroatoms. The first-order valence-electron chi connectivity index (χ1n) is 7.78. The molecule has 20 heavy (non-hydrogen) atoms. The minimum atomic E-state index is 0.109. The van der Waals surface area contributed by atoms with Crippen molar-refractivity contribution in [3.05, 3.63) is 28.2 Å². The smallest absolute Gasteiger partial charge is 0.120 e. The van der Waals surface area contributed by atoms with E-state index in [2.05, 4.69) is 22.0 Å². The van der Waals surface area contributed by atoms with Gasteiger partial charge >= 0.3 is 0 Å². The van der Waals surface area contributed by atoms with Crippen LogP contribution in [0.3, 0.4) is 0 Å². The third-order valence-electron chi connectivity index (χ3n) is 4.14. The Morgan fingerprint density at radius 3 is 2.45 bits per heavy atom. The van der Waals surface area contributed by atoms with Crippen LogP contribution < -0.4 is 4.74 Å². The first-order chi connectivity index (χ1) is 9.72. The topological polar surface area (TPSA) is 9.23 Å². The van der Waals surface area contributed by atoms with Gasteiger partial charge < -0.3 is 4.74 Å². The number of ether oxygens (including phenoxy) is 1. The van der Waals surface area contributed by atoms with E-state index >= 15 is 0 Å². The predicted molar refractivity (Wildman–Crippen MR) is 89.7 cm³/mol. The van der Waals surface area contributed by atoms with Gasteiger partial charge in [0.2, 0.25) is 0 Å². The molecule has 0 aromatic heterocycles. The third kappa shape index (κ3) is 4.39. The molecule has 1 aromatic carbocycles. The summed E-state index contributed by atoms with van der Waals surface area (Å²) in [6.07, 6.45) is 9.29. The molecular weight excluding hydrogens is 336 g/mol. The zero-order chi connectivity index (χ0) is 14.4. The Labute approximate surface area is 136 Å². The monoisotopic (exact) mass is 358 g/mol. The molecular formula is C17H24BrClO. The molecule has 2 rings (SSSR count). The Morgan fingerprint density at radius 2 is 1.85 bits per heavy atom. The van der Waals surface area contributed by atoms with E-state index in [1.807, 2.05) is 19.1 Å². The highest BCUT2D eigenvalue weighted by Gasteiger charge is 2.23. The van der Waals surface area contributed by atoms with Crippen LogP contribution >= 0.6 is 27.5 Å². The number of rotatable bonds is 4. The quantitative estimate of drug-likeness (QED) is 0.558. The summed E-state index contributed by atoms with van der Waals surface area (Å²) >= 11 is 10.4. The average Bonchev–Trinajstić information content (AvgIpc) is 2.38. The van der Waals surface area contributed by atoms with Crippen LogP contribution in [0.4, 0.5) is 0 Å². The van der Waals surface area contributed by atoms with E-state index in [0.29, 0.717) is 12.5 Å². The molecule has 1 atom stereocenters. The Balaban J connectivity index is 2.08. The van der Waals surface area contributed by atoms with Gasteiger partial charge in [0.1, 0.15) is 5.75 Å². The molecule has 0 amide bonds. The van der Waals surface area contributed by atoms with Gasteiger partial charge in [0.05, 0.1) is 12.0 Å². The lowest BCUT2D eigenvalue weighted by Crippen LogP contribution is -2.11. The van der Waals surface area contributed by atoms with E-state index < -0.39 is 0 Å². The van der Waals surface area contributed by atoms with Crippen molar-refractivity contribution >= 4 is 27.5 Å². The Hall–Kier alpha value is -0.210. The van der Waals surface area contributed by atoms with Gasteiger partial charge in [-0.1, -0.05) is 54.1 Å². The molecule has 0 radical (unpaired) electrons. The molecule has 1 aliphatic carbocycles. The molecule has 112 valence electrons. The average molecular weight is 360 g/mol. The maximum Gasteiger partial charge on any atom is 0.120 e. The van der Waals surface area contributed by atoms with E-state index in [0.717, 1.165) is 10.2 Å². The number of alkyl halides is 1. The molecule has 0 heterocycles. The van der Waals surface area contributed by atoms with Crippen molar-refractivity contribution in [2.75, 3.05) is 6.61 Å². The number of benzene rings is 1. The summed E-state index contributed by atoms with van der Waals surface area (Å²) < 4.78 is 6.60. The van der Waals surface area contributed by atoms with Crippen LogP contribution in [0.1, 0.15) is 62.8 Å². The van der Waals surface area contributed by atoms with E-state index in [4.69, 9.17) is 16.3 Å². The summed E-state index contributed by atoms with van der Waals surface area (Å²) in [6, 6.07) is 6.19. The fraction of sp³-hybridized carbons (Fsp3) is 0.647. The minimum Gasteiger partial charge on any atom is -0.494 e. The highest BCUT2D eigenvalue weighted by molar-refractivity contribution is 9.10. The summed E-state index contributed by atoms with van der Waals surface area (Å²) in [5, 5.41) is 0.109. The van der Waals surface area contributed by atoms with Crippen LogP contribution in [0.5, 0.6) is 5.75 Å². The van der Waals surface area contributed by atoms with Gasteiger partial charge in [-0.2, -0.15) is 0 Å². The number of hydrogen-bond acceptors (Lipinski definition) is 1. The van der Waals surface area contributed by atoms with Crippen molar-refractivity contribution < 1.29 is 4.74 Å². The van der Waals surface area contributed by atoms with Crippen molar-refractivity contribution in [2.45, 2.75) is 57.2 Å². The summed E-state index contributed by atoms with van der Waals surface area (Å²) in [5.41, 5.74) is 1.21. The Kier molecular flexibility index (Phi) is 6.70. The third-order valence-corrected chi connectivity index (χ3v) is 5.42. The molecule has 0 N–H and O–H groups in total. The molecule has 0 aliphatic heterocycles. The Bertz CT molecular complexity index is 413. The summed E-state index contributed by atoms with van der Waals surface area (Å²) in [5.74, 6) is 1.51. The van der Waals surface area contributed by atoms with Gasteiger partial charge in [-0.3, -0.25) is 0 Å². The first kappa shape index (κ1) is 16.2. The molecule has 1 aromatic rings. The molecule has 0 spiro atoms. The van der Waals surface area contributed by atoms with Crippen LogP contribution in [0.15, 0.2) is 22.7 Å². The van der Waals surface area contributed by atoms with Crippen LogP contribution in [-0.4, -0.2) is 6.61 Å². The predicted octanol–water partition coefficient (Wildman–Crippen LogP) is 6.49. The molecule has 0 saturated heterocycles. The maximum absolute atomic E-state index is 6.77. The normalized spacial score (nSPS) is 19.1. The van der Waals surface area contributed by atoms with Gasteiger partial charge in [0.25, 0.3) is 0 Å². The lowest BCUT2D eigenvalue weighted by atomic mass is 9.86. The van der Waals surface area contributed by atoms with Crippen LogP contribution in [0, 0.1) is 5.92 Å². The molecule has 1 unspecified atom stereocenters. The first-order valence-corrected chi connectivity index (χ1v) is 9.01. The van der Waals surface area contributed by atoms with E-state index in [1.165, 1.54) is 50.5 Å². The molecule has 1 aliphatic rings. The largest absolute Gasteiger partial charge is 0.494 e. The second-order valence-electron chi connectivity index (χ2n) is 5.62. The van der Waals surface area contributed by atoms with Crippen molar-refractivity contribution in [3.63, 3.8) is 0 Å². The fourth-order valence-corrected chi connectivity index (χ4v) is 4.20. The molecule has 1 saturated carbocycles. The standard InChI is InChI=1S/C17H24BrClO/c1-2-20-14-10-11-15(16(18)12-14)17(19)13-8-6-4-3-5-7-9-13/h10-13,17H,2-9H2,1H3. The second-order valence-corrected chi connectivity index (χ2v) is 6.95. The Morgan fingerprint density at radius 1 is 1.20 bits per heavy atom. The zero-order valence-electron chi connectivity index (χ0n) is 12.2. The van der Waals surface area contributed by atoms with Crippen molar-refractivity contribution in [1.29, 1.82) is 0 Å². The minimum absolute atomic E-state index is 0.109. The molecule has 0 bridgehead atoms. The van der Waals surface area contributed by atoms with Gasteiger partial charge in [0.15, 0.2) is 0 Å². The summed E-state index contributed by atoms with van der Waals surface area (Å²) in [7, 11) is 0. The van der Waals surface area contributed by atoms with E-state index in [1.54, 1.807) is 0 Å². The van der Waals surface area contributed by atoms with Crippen molar-refractivity contribution in [3.8, 4) is 5.75 Å². The van der Waals surface area contributed by atoms with Gasteiger partial charge in [-0.05, 0) is 43.4 Å². The van der Waals surface area contributed by atoms with E-state index in [9.17, 15) is 0 Å². The summed E-state index contributed by atoms with van der Waals surface area (Å²) in [4.78, 5) is 0. The second kappa shape index (κ2) is 8.29. The van der Waals surface area contributed by atoms with Crippen LogP contribution in [0.25, 0.3) is 0 Å². The van der Waals surface area contributed by atoms with Crippen LogP contribution in [-0.2, 0) is 0 Å². The lowest BCUT2D eigenvalue weighted by molar-refractivity contribution is 0.339. The van der Waals surface area contributed by atoms with Crippen LogP contribution in [0.2, 0.25) is 0 Å². The van der Waals surface area contributed by atoms with Gasteiger partial charge in [0, 0.05) is 4.47 Å². The summed E-state index contributed by atoms with van der Waals surface area (Å²) in [6.45, 7) is 2.69.